The summed E-state index contributed by atoms with van der Waals surface area (Å²) in [6.07, 6.45) is 1.81. The van der Waals surface area contributed by atoms with Crippen LogP contribution in [0.5, 0.6) is 0 Å². The van der Waals surface area contributed by atoms with Gasteiger partial charge in [0.05, 0.1) is 18.8 Å². The number of carbonyl (C=O) groups excluding carboxylic acids is 4. The minimum absolute atomic E-state index is 0.0394. The van der Waals surface area contributed by atoms with Crippen LogP contribution in [0.15, 0.2) is 54.6 Å². The van der Waals surface area contributed by atoms with Gasteiger partial charge in [-0.1, -0.05) is 56.3 Å². The molecule has 0 saturated carbocycles. The predicted octanol–water partition coefficient (Wildman–Crippen LogP) is 5.75. The molecule has 2 fully saturated rings. The fraction of sp³-hybridized carbons (Fsp3) is 0.590. The highest BCUT2D eigenvalue weighted by molar-refractivity contribution is 5.84. The maximum absolute atomic E-state index is 13.3. The van der Waals surface area contributed by atoms with Crippen molar-refractivity contribution < 1.29 is 47.3 Å². The largest absolute Gasteiger partial charge is 0.464 e. The van der Waals surface area contributed by atoms with Gasteiger partial charge in [-0.15, -0.1) is 0 Å². The van der Waals surface area contributed by atoms with Gasteiger partial charge in [-0.05, 0) is 68.2 Å². The number of carbonyl (C=O) groups is 4. The maximum atomic E-state index is 13.3. The van der Waals surface area contributed by atoms with Crippen molar-refractivity contribution in [2.45, 2.75) is 115 Å². The van der Waals surface area contributed by atoms with E-state index in [1.54, 1.807) is 19.1 Å². The molecule has 0 bridgehead atoms. The Hall–Kier alpha value is -4.23. The highest BCUT2D eigenvalue weighted by atomic mass is 19.1. The molecule has 0 radical (unpaired) electrons. The average Bonchev–Trinajstić information content (AvgIpc) is 3.11. The molecule has 4 rings (SSSR count). The van der Waals surface area contributed by atoms with Crippen molar-refractivity contribution in [1.29, 1.82) is 0 Å². The van der Waals surface area contributed by atoms with Gasteiger partial charge in [0, 0.05) is 45.2 Å². The van der Waals surface area contributed by atoms with Gasteiger partial charge in [0.25, 0.3) is 0 Å². The van der Waals surface area contributed by atoms with Crippen molar-refractivity contribution in [2.24, 2.45) is 5.92 Å². The highest BCUT2D eigenvalue weighted by Gasteiger charge is 2.47. The quantitative estimate of drug-likeness (QED) is 0.137. The number of esters is 1. The van der Waals surface area contributed by atoms with Gasteiger partial charge in [-0.25, -0.2) is 18.8 Å². The Kier molecular flexibility index (Phi) is 16.2. The first kappa shape index (κ1) is 40.5. The normalized spacial score (nSPS) is 21.9. The molecule has 52 heavy (non-hydrogen) atoms. The maximum Gasteiger partial charge on any atom is 0.407 e. The van der Waals surface area contributed by atoms with Crippen LogP contribution < -0.4 is 16.0 Å². The van der Waals surface area contributed by atoms with Gasteiger partial charge in [-0.2, -0.15) is 0 Å². The fourth-order valence-corrected chi connectivity index (χ4v) is 6.44. The van der Waals surface area contributed by atoms with Gasteiger partial charge < -0.3 is 39.6 Å². The van der Waals surface area contributed by atoms with Crippen LogP contribution >= 0.6 is 0 Å². The van der Waals surface area contributed by atoms with E-state index in [1.165, 1.54) is 12.1 Å². The minimum atomic E-state index is -1.11. The van der Waals surface area contributed by atoms with E-state index in [2.05, 4.69) is 29.8 Å². The first-order valence-corrected chi connectivity index (χ1v) is 18.5. The van der Waals surface area contributed by atoms with E-state index in [4.69, 9.17) is 23.7 Å². The molecule has 2 saturated heterocycles. The van der Waals surface area contributed by atoms with E-state index in [-0.39, 0.29) is 50.6 Å². The Morgan fingerprint density at radius 3 is 2.38 bits per heavy atom. The van der Waals surface area contributed by atoms with Crippen LogP contribution in [0.4, 0.5) is 14.0 Å². The molecular weight excluding hydrogens is 673 g/mol. The van der Waals surface area contributed by atoms with Crippen LogP contribution in [0.25, 0.3) is 0 Å². The Morgan fingerprint density at radius 2 is 1.65 bits per heavy atom. The fourth-order valence-electron chi connectivity index (χ4n) is 6.44. The van der Waals surface area contributed by atoms with E-state index in [0.717, 1.165) is 24.0 Å². The van der Waals surface area contributed by atoms with Crippen molar-refractivity contribution in [3.8, 4) is 0 Å². The van der Waals surface area contributed by atoms with Gasteiger partial charge in [0.2, 0.25) is 5.91 Å². The molecule has 0 unspecified atom stereocenters. The minimum Gasteiger partial charge on any atom is -0.464 e. The topological polar surface area (TPSA) is 151 Å². The number of benzene rings is 2. The van der Waals surface area contributed by atoms with Crippen LogP contribution in [0.1, 0.15) is 83.3 Å². The summed E-state index contributed by atoms with van der Waals surface area (Å²) in [5.74, 6) is -1.84. The predicted molar refractivity (Wildman–Crippen MR) is 191 cm³/mol. The summed E-state index contributed by atoms with van der Waals surface area (Å²) >= 11 is 0. The standard InChI is InChI=1S/C39H54FN3O9/c1-4-48-36(45)34(23-29-9-6-5-7-10-29)43-35(44)17-16-31-24-33(50-38(47)42-22-19-28-12-14-30(40)15-13-28)25-39(51-31)20-8-11-32(52-39)26-49-37(46)41-21-18-27(2)3/h5-7,9-10,12-15,27,31-34H,4,8,11,16-26H2,1-3H3,(H,41,46)(H,42,47)(H,43,44)/t31-,32-,33-,34+,39+/m1/s1. The number of ether oxygens (including phenoxy) is 5. The van der Waals surface area contributed by atoms with Crippen LogP contribution in [-0.4, -0.2) is 80.5 Å². The lowest BCUT2D eigenvalue weighted by Crippen LogP contribution is -2.54. The second kappa shape index (κ2) is 20.7. The molecule has 3 N–H and O–H groups in total. The molecule has 2 aliphatic rings. The Labute approximate surface area is 305 Å². The highest BCUT2D eigenvalue weighted by Crippen LogP contribution is 2.41. The summed E-state index contributed by atoms with van der Waals surface area (Å²) in [5, 5.41) is 8.36. The number of hydrogen-bond acceptors (Lipinski definition) is 9. The Morgan fingerprint density at radius 1 is 0.923 bits per heavy atom. The Balaban J connectivity index is 1.37. The summed E-state index contributed by atoms with van der Waals surface area (Å²) in [6.45, 7) is 6.91. The van der Waals surface area contributed by atoms with Crippen LogP contribution in [0.3, 0.4) is 0 Å². The molecular formula is C39H54FN3O9. The molecule has 13 heteroatoms. The average molecular weight is 728 g/mol. The summed E-state index contributed by atoms with van der Waals surface area (Å²) < 4.78 is 42.8. The third-order valence-electron chi connectivity index (χ3n) is 9.05. The van der Waals surface area contributed by atoms with Crippen molar-refractivity contribution in [3.05, 3.63) is 71.5 Å². The number of amides is 3. The van der Waals surface area contributed by atoms with Crippen LogP contribution in [0, 0.1) is 11.7 Å². The summed E-state index contributed by atoms with van der Waals surface area (Å²) in [7, 11) is 0. The number of halogens is 1. The SMILES string of the molecule is CCOC(=O)[C@H](Cc1ccccc1)NC(=O)CC[C@@H]1C[C@@H](OC(=O)NCCc2ccc(F)cc2)C[C@@]2(CCC[C@H](COC(=O)NCCC(C)C)O2)O1. The second-order valence-electron chi connectivity index (χ2n) is 13.9. The summed E-state index contributed by atoms with van der Waals surface area (Å²) in [5.41, 5.74) is 1.76. The molecule has 0 aromatic heterocycles. The molecule has 2 aromatic carbocycles. The van der Waals surface area contributed by atoms with E-state index in [0.29, 0.717) is 44.7 Å². The molecule has 2 heterocycles. The zero-order chi connectivity index (χ0) is 37.3. The first-order valence-electron chi connectivity index (χ1n) is 18.5. The van der Waals surface area contributed by atoms with Crippen LogP contribution in [-0.2, 0) is 46.1 Å². The molecule has 2 aliphatic heterocycles. The van der Waals surface area contributed by atoms with Gasteiger partial charge in [-0.3, -0.25) is 4.79 Å². The molecule has 0 aliphatic carbocycles. The van der Waals surface area contributed by atoms with Gasteiger partial charge in [0.1, 0.15) is 24.6 Å². The lowest BCUT2D eigenvalue weighted by atomic mass is 9.90. The zero-order valence-corrected chi connectivity index (χ0v) is 30.5. The Bertz CT molecular complexity index is 1430. The molecule has 12 nitrogen and oxygen atoms in total. The lowest BCUT2D eigenvalue weighted by Gasteiger charge is -2.47. The smallest absolute Gasteiger partial charge is 0.407 e. The van der Waals surface area contributed by atoms with E-state index in [1.807, 2.05) is 30.3 Å². The number of nitrogens with one attached hydrogen (secondary N) is 3. The molecule has 2 aromatic rings. The van der Waals surface area contributed by atoms with Crippen molar-refractivity contribution in [1.82, 2.24) is 16.0 Å². The zero-order valence-electron chi connectivity index (χ0n) is 30.5. The number of alkyl carbamates (subject to hydrolysis) is 2. The van der Waals surface area contributed by atoms with Crippen molar-refractivity contribution in [2.75, 3.05) is 26.3 Å². The first-order chi connectivity index (χ1) is 25.0. The number of hydrogen-bond donors (Lipinski definition) is 3. The van der Waals surface area contributed by atoms with Gasteiger partial charge >= 0.3 is 18.2 Å². The van der Waals surface area contributed by atoms with Crippen molar-refractivity contribution in [3.63, 3.8) is 0 Å². The molecule has 3 amide bonds. The second-order valence-corrected chi connectivity index (χ2v) is 13.9. The summed E-state index contributed by atoms with van der Waals surface area (Å²) in [6, 6.07) is 14.6. The van der Waals surface area contributed by atoms with E-state index < -0.39 is 48.3 Å². The molecule has 286 valence electrons. The molecule has 5 atom stereocenters. The molecule has 1 spiro atoms. The number of rotatable bonds is 17. The van der Waals surface area contributed by atoms with Crippen molar-refractivity contribution >= 4 is 24.1 Å². The third kappa shape index (κ3) is 14.1. The summed E-state index contributed by atoms with van der Waals surface area (Å²) in [4.78, 5) is 51.1. The van der Waals surface area contributed by atoms with E-state index >= 15 is 0 Å². The van der Waals surface area contributed by atoms with Gasteiger partial charge in [0.15, 0.2) is 5.79 Å². The third-order valence-corrected chi connectivity index (χ3v) is 9.05. The monoisotopic (exact) mass is 727 g/mol. The lowest BCUT2D eigenvalue weighted by molar-refractivity contribution is -0.329. The van der Waals surface area contributed by atoms with E-state index in [9.17, 15) is 23.6 Å². The van der Waals surface area contributed by atoms with Crippen LogP contribution in [0.2, 0.25) is 0 Å².